The van der Waals surface area contributed by atoms with Crippen LogP contribution < -0.4 is 61.5 Å². The minimum absolute atomic E-state index is 0.124. The number of rotatable bonds is 31. The van der Waals surface area contributed by atoms with Crippen LogP contribution in [0.25, 0.3) is 0 Å². The van der Waals surface area contributed by atoms with Crippen molar-refractivity contribution >= 4 is 72.6 Å². The number of alkyl carbamates (subject to hydrolysis) is 8. The van der Waals surface area contributed by atoms with Gasteiger partial charge in [-0.05, 0) is 319 Å². The lowest BCUT2D eigenvalue weighted by molar-refractivity contribution is 0.0521. The molecule has 0 aromatic heterocycles. The molecule has 0 aliphatic rings. The van der Waals surface area contributed by atoms with E-state index >= 15 is 0 Å². The average molecular weight is 1930 g/mol. The highest BCUT2D eigenvalue weighted by atomic mass is 16.6. The van der Waals surface area contributed by atoms with Gasteiger partial charge in [0, 0.05) is 45.4 Å². The molecule has 0 aliphatic carbocycles. The third-order valence-corrected chi connectivity index (χ3v) is 19.3. The van der Waals surface area contributed by atoms with E-state index in [0.717, 1.165) is 72.5 Å². The minimum Gasteiger partial charge on any atom is -0.493 e. The largest absolute Gasteiger partial charge is 0.493 e. The predicted octanol–water partition coefficient (Wildman–Crippen LogP) is 22.8. The van der Waals surface area contributed by atoms with Crippen molar-refractivity contribution in [1.29, 1.82) is 0 Å². The lowest BCUT2D eigenvalue weighted by Crippen LogP contribution is -2.47. The molecule has 0 heterocycles. The van der Waals surface area contributed by atoms with Crippen LogP contribution in [0.5, 0.6) is 23.0 Å². The summed E-state index contributed by atoms with van der Waals surface area (Å²) in [4.78, 5) is 124. The molecule has 32 nitrogen and oxygen atoms in total. The number of amides is 8. The zero-order chi connectivity index (χ0) is 105. The number of benzene rings is 4. The summed E-state index contributed by atoms with van der Waals surface area (Å²) in [5.41, 5.74) is 3.16. The van der Waals surface area contributed by atoms with Gasteiger partial charge in [0.15, 0.2) is 0 Å². The molecule has 0 unspecified atom stereocenters. The number of ether oxygens (including phenoxy) is 12. The molecule has 32 heteroatoms. The second-order valence-corrected chi connectivity index (χ2v) is 46.7. The minimum atomic E-state index is -0.865. The number of aliphatic imine (C=N–C) groups is 4. The highest BCUT2D eigenvalue weighted by Gasteiger charge is 2.33. The van der Waals surface area contributed by atoms with E-state index in [9.17, 15) is 38.4 Å². The van der Waals surface area contributed by atoms with Gasteiger partial charge in [-0.15, -0.1) is 0 Å². The topological polar surface area (TPSA) is 393 Å². The summed E-state index contributed by atoms with van der Waals surface area (Å²) in [6, 6.07) is 17.8. The molecule has 0 saturated carbocycles. The van der Waals surface area contributed by atoms with Gasteiger partial charge in [-0.3, -0.25) is 62.5 Å². The Bertz CT molecular complexity index is 4760. The number of guanidine groups is 4. The fourth-order valence-corrected chi connectivity index (χ4v) is 13.2. The van der Waals surface area contributed by atoms with E-state index in [1.807, 2.05) is 0 Å². The van der Waals surface area contributed by atoms with Crippen molar-refractivity contribution in [2.45, 2.75) is 407 Å². The maximum absolute atomic E-state index is 13.3. The first-order valence-electron chi connectivity index (χ1n) is 48.3. The predicted molar refractivity (Wildman–Crippen MR) is 546 cm³/mol. The zero-order valence-electron chi connectivity index (χ0n) is 90.7. The summed E-state index contributed by atoms with van der Waals surface area (Å²) in [5.74, 6) is 2.14. The molecule has 4 aromatic rings. The van der Waals surface area contributed by atoms with Crippen molar-refractivity contribution in [3.63, 3.8) is 0 Å². The molecule has 0 atom stereocenters. The first-order valence-corrected chi connectivity index (χ1v) is 48.3. The Balaban J connectivity index is 2.15. The molecule has 0 aliphatic heterocycles. The number of unbranched alkanes of at least 4 members (excludes halogenated alkanes) is 4. The molecule has 4 rings (SSSR count). The molecular weight excluding hydrogens is 1760 g/mol. The van der Waals surface area contributed by atoms with Gasteiger partial charge in [0.05, 0.1) is 26.4 Å². The Morgan fingerprint density at radius 2 is 0.391 bits per heavy atom. The summed E-state index contributed by atoms with van der Waals surface area (Å²) in [7, 11) is 0. The van der Waals surface area contributed by atoms with E-state index in [1.54, 1.807) is 166 Å². The lowest BCUT2D eigenvalue weighted by Gasteiger charge is -2.28. The van der Waals surface area contributed by atoms with Gasteiger partial charge in [-0.2, -0.15) is 0 Å². The van der Waals surface area contributed by atoms with Gasteiger partial charge >= 0.3 is 48.7 Å². The molecule has 0 bridgehead atoms. The second-order valence-electron chi connectivity index (χ2n) is 46.7. The van der Waals surface area contributed by atoms with E-state index in [2.05, 4.69) is 208 Å². The number of hydrogen-bond donors (Lipinski definition) is 8. The summed E-state index contributed by atoms with van der Waals surface area (Å²) in [6.45, 7) is 73.6. The highest BCUT2D eigenvalue weighted by Crippen LogP contribution is 2.44. The summed E-state index contributed by atoms with van der Waals surface area (Å²) in [6.07, 6.45) is -1.09. The van der Waals surface area contributed by atoms with Gasteiger partial charge in [0.25, 0.3) is 0 Å². The smallest absolute Gasteiger partial charge is 0.414 e. The monoisotopic (exact) mass is 1930 g/mol. The number of hydrogen-bond acceptors (Lipinski definition) is 24. The van der Waals surface area contributed by atoms with Gasteiger partial charge < -0.3 is 56.8 Å². The van der Waals surface area contributed by atoms with Crippen molar-refractivity contribution in [2.24, 2.45) is 20.0 Å². The van der Waals surface area contributed by atoms with Crippen LogP contribution >= 0.6 is 0 Å². The third kappa shape index (κ3) is 48.5. The molecular formula is C106H170N12O20. The zero-order valence-corrected chi connectivity index (χ0v) is 90.7. The van der Waals surface area contributed by atoms with Crippen molar-refractivity contribution in [2.75, 3.05) is 52.6 Å². The second kappa shape index (κ2) is 50.7. The maximum Gasteiger partial charge on any atom is 0.414 e. The van der Waals surface area contributed by atoms with Crippen LogP contribution in [0.15, 0.2) is 68.5 Å². The maximum atomic E-state index is 13.3. The number of nitrogens with zero attached hydrogens (tertiary/aromatic N) is 4. The van der Waals surface area contributed by atoms with Crippen molar-refractivity contribution in [1.82, 2.24) is 42.5 Å². The normalized spacial score (nSPS) is 12.4. The molecule has 774 valence electrons. The van der Waals surface area contributed by atoms with E-state index in [4.69, 9.17) is 56.8 Å². The Morgan fingerprint density at radius 3 is 0.565 bits per heavy atom. The standard InChI is InChI=1S/C106H170N12O20/c1-39-68-60-76(96(6,7)8)62-70(80(68)128-53-45-41-49-108-84(113-89(121)133-101(21,22)23)114-90(122)134-102(24,25)26)58-72-64-78(98(12,13)14)66-74(82(72)130-55-47-43-51-110-86(117-93(125)137-105(33,34)35)118-94(126)138-106(36,37)38)59-73-65-77(97(9,10)11)63-71(81(73)129-54-46-42-50-109-85(115-91(123)135-103(27,28)29)116-92(124)136-104(30,31)32)57-69-61-75(95(3,4)5)56-67(2)79(69)127-52-44-40-48-107-83(111-87(119)131-99(15,16)17)112-88(120)132-100(18,19)20/h56,60-66H,39-55,57-59H2,1-38H3,(H2,107,111,112,119,120)(H2,108,113,114,121,122)(H2,109,115,116,123,124)(H2,110,117,118,125,126). The van der Waals surface area contributed by atoms with Gasteiger partial charge in [-0.1, -0.05) is 139 Å². The first kappa shape index (κ1) is 119. The van der Waals surface area contributed by atoms with E-state index in [-0.39, 0.29) is 93.7 Å². The number of nitrogens with one attached hydrogen (secondary N) is 8. The number of aryl methyl sites for hydroxylation is 2. The quantitative estimate of drug-likeness (QED) is 0.0100. The highest BCUT2D eigenvalue weighted by molar-refractivity contribution is 6.03. The van der Waals surface area contributed by atoms with Crippen LogP contribution in [0, 0.1) is 6.92 Å². The van der Waals surface area contributed by atoms with Crippen LogP contribution in [0.4, 0.5) is 38.4 Å². The van der Waals surface area contributed by atoms with Crippen LogP contribution in [0.3, 0.4) is 0 Å². The van der Waals surface area contributed by atoms with E-state index in [1.165, 1.54) is 0 Å². The first-order chi connectivity index (χ1) is 63.0. The van der Waals surface area contributed by atoms with Crippen molar-refractivity contribution in [3.05, 3.63) is 115 Å². The van der Waals surface area contributed by atoms with Crippen LogP contribution in [-0.4, -0.2) is 170 Å². The summed E-state index contributed by atoms with van der Waals surface area (Å²) >= 11 is 0. The molecule has 0 fully saturated rings. The summed E-state index contributed by atoms with van der Waals surface area (Å²) < 4.78 is 73.3. The average Bonchev–Trinajstić information content (AvgIpc) is 0.762. The number of carbonyl (C=O) groups excluding carboxylic acids is 8. The van der Waals surface area contributed by atoms with E-state index < -0.39 is 104 Å². The third-order valence-electron chi connectivity index (χ3n) is 19.3. The fraction of sp³-hybridized carbons (Fsp3) is 0.660. The summed E-state index contributed by atoms with van der Waals surface area (Å²) in [5, 5.41) is 20.7. The van der Waals surface area contributed by atoms with Crippen LogP contribution in [0.2, 0.25) is 0 Å². The Labute approximate surface area is 823 Å². The Hall–Kier alpha value is -11.1. The van der Waals surface area contributed by atoms with Crippen LogP contribution in [0.1, 0.15) is 374 Å². The molecule has 4 aromatic carbocycles. The molecule has 8 amide bonds. The Morgan fingerprint density at radius 1 is 0.232 bits per heavy atom. The number of carbonyl (C=O) groups is 8. The molecule has 8 N–H and O–H groups in total. The van der Waals surface area contributed by atoms with Crippen molar-refractivity contribution < 1.29 is 95.2 Å². The molecule has 138 heavy (non-hydrogen) atoms. The lowest BCUT2D eigenvalue weighted by atomic mass is 9.80. The van der Waals surface area contributed by atoms with Gasteiger partial charge in [0.2, 0.25) is 23.8 Å². The van der Waals surface area contributed by atoms with Crippen LogP contribution in [-0.2, 0) is 85.2 Å². The van der Waals surface area contributed by atoms with Crippen molar-refractivity contribution in [3.8, 4) is 23.0 Å². The van der Waals surface area contributed by atoms with E-state index in [0.29, 0.717) is 87.9 Å². The SMILES string of the molecule is CCc1cc(C(C)(C)C)cc(Cc2cc(C(C)(C)C)cc(Cc3cc(C(C)(C)C)cc(Cc4cc(C(C)(C)C)cc(C)c4OCCCCN=C(NC(=O)OC(C)(C)C)NC(=O)OC(C)(C)C)c3OCCCCN=C(NC(=O)OC(C)(C)C)NC(=O)OC(C)(C)C)c2OCCCCN=C(NC(=O)OC(C)(C)C)NC(=O)OC(C)(C)C)c1OCCCCN=C(NC(=O)OC(C)(C)C)NC(=O)OC(C)(C)C. The van der Waals surface area contributed by atoms with Gasteiger partial charge in [0.1, 0.15) is 67.8 Å². The Kier molecular flexibility index (Phi) is 43.8. The fourth-order valence-electron chi connectivity index (χ4n) is 13.2. The molecule has 0 radical (unpaired) electrons. The van der Waals surface area contributed by atoms with Gasteiger partial charge in [-0.25, -0.2) is 38.4 Å². The molecule has 0 spiro atoms. The molecule has 0 saturated heterocycles.